The molecule has 0 aliphatic carbocycles. The van der Waals surface area contributed by atoms with Crippen LogP contribution in [0.5, 0.6) is 0 Å². The van der Waals surface area contributed by atoms with Crippen LogP contribution in [0.3, 0.4) is 0 Å². The van der Waals surface area contributed by atoms with Crippen LogP contribution in [-0.2, 0) is 0 Å². The van der Waals surface area contributed by atoms with E-state index in [-0.39, 0.29) is 46.8 Å². The van der Waals surface area contributed by atoms with Crippen molar-refractivity contribution in [3.05, 3.63) is 48.2 Å². The molecule has 32 heavy (non-hydrogen) atoms. The molecule has 12 heteroatoms. The molecule has 3 aromatic heterocycles. The Kier molecular flexibility index (Phi) is 6.35. The lowest BCUT2D eigenvalue weighted by molar-refractivity contribution is 0.0919. The zero-order valence-electron chi connectivity index (χ0n) is 17.8. The Balaban J connectivity index is 1.72. The number of carbonyl (C=O) groups excluding carboxylic acids is 3. The summed E-state index contributed by atoms with van der Waals surface area (Å²) in [5, 5.41) is 15.6. The Bertz CT molecular complexity index is 1170. The molecule has 0 saturated heterocycles. The topological polar surface area (TPSA) is 126 Å². The van der Waals surface area contributed by atoms with Crippen LogP contribution in [0.2, 0.25) is 0 Å². The van der Waals surface area contributed by atoms with E-state index in [1.807, 2.05) is 13.8 Å². The van der Waals surface area contributed by atoms with Crippen LogP contribution in [0.4, 0.5) is 0 Å². The molecular weight excluding hydrogens is 468 g/mol. The van der Waals surface area contributed by atoms with Gasteiger partial charge in [0.25, 0.3) is 17.7 Å². The lowest BCUT2D eigenvalue weighted by Crippen LogP contribution is -2.32. The Hall–Kier alpha value is -2.70. The lowest BCUT2D eigenvalue weighted by Gasteiger charge is -2.19. The van der Waals surface area contributed by atoms with Crippen molar-refractivity contribution >= 4 is 51.7 Å². The molecule has 3 N–H and O–H groups in total. The van der Waals surface area contributed by atoms with E-state index in [2.05, 4.69) is 30.9 Å². The molecule has 0 aromatic carbocycles. The number of nitrogens with zero attached hydrogens (tertiary/aromatic N) is 3. The Morgan fingerprint density at radius 2 is 1.06 bits per heavy atom. The fraction of sp³-hybridized carbons (Fsp3) is 0.400. The molecule has 0 saturated carbocycles. The molecule has 0 fully saturated rings. The molecule has 3 aromatic rings. The van der Waals surface area contributed by atoms with Gasteiger partial charge in [-0.1, -0.05) is 13.8 Å². The molecule has 3 amide bonds. The van der Waals surface area contributed by atoms with Gasteiger partial charge in [0.15, 0.2) is 0 Å². The van der Waals surface area contributed by atoms with Crippen LogP contribution in [0, 0.1) is 5.92 Å². The number of rotatable bonds is 1. The van der Waals surface area contributed by atoms with Gasteiger partial charge in [-0.25, -0.2) is 15.0 Å². The van der Waals surface area contributed by atoms with Gasteiger partial charge in [-0.15, -0.1) is 34.0 Å². The minimum Gasteiger partial charge on any atom is -0.342 e. The predicted molar refractivity (Wildman–Crippen MR) is 123 cm³/mol. The summed E-state index contributed by atoms with van der Waals surface area (Å²) in [7, 11) is 0. The molecule has 4 heterocycles. The molecule has 168 valence electrons. The second-order valence-electron chi connectivity index (χ2n) is 7.80. The molecule has 9 nitrogen and oxygen atoms in total. The highest BCUT2D eigenvalue weighted by molar-refractivity contribution is 7.10. The van der Waals surface area contributed by atoms with Crippen molar-refractivity contribution in [2.75, 3.05) is 0 Å². The van der Waals surface area contributed by atoms with E-state index in [0.717, 1.165) is 0 Å². The molecule has 3 atom stereocenters. The first-order valence-electron chi connectivity index (χ1n) is 10.0. The summed E-state index contributed by atoms with van der Waals surface area (Å²) in [6.07, 6.45) is 0. The number of amides is 3. The monoisotopic (exact) mass is 490 g/mol. The third-order valence-corrected chi connectivity index (χ3v) is 7.90. The molecule has 6 bridgehead atoms. The van der Waals surface area contributed by atoms with Crippen molar-refractivity contribution < 1.29 is 14.4 Å². The van der Waals surface area contributed by atoms with Crippen molar-refractivity contribution in [3.8, 4) is 0 Å². The summed E-state index contributed by atoms with van der Waals surface area (Å²) in [6.45, 7) is 7.57. The first-order chi connectivity index (χ1) is 15.2. The van der Waals surface area contributed by atoms with Crippen molar-refractivity contribution in [2.24, 2.45) is 5.92 Å². The van der Waals surface area contributed by atoms with Gasteiger partial charge in [-0.3, -0.25) is 14.4 Å². The molecule has 1 aliphatic heterocycles. The van der Waals surface area contributed by atoms with Crippen molar-refractivity contribution in [1.82, 2.24) is 30.9 Å². The third-order valence-electron chi connectivity index (χ3n) is 4.92. The first kappa shape index (κ1) is 22.5. The van der Waals surface area contributed by atoms with Gasteiger partial charge in [-0.2, -0.15) is 0 Å². The highest BCUT2D eigenvalue weighted by Gasteiger charge is 2.27. The molecule has 0 spiro atoms. The van der Waals surface area contributed by atoms with Crippen LogP contribution < -0.4 is 16.0 Å². The van der Waals surface area contributed by atoms with Crippen LogP contribution in [0.25, 0.3) is 0 Å². The summed E-state index contributed by atoms with van der Waals surface area (Å²) in [4.78, 5) is 51.5. The fourth-order valence-corrected chi connectivity index (χ4v) is 5.74. The number of fused-ring (bicyclic) bond motifs is 6. The average molecular weight is 491 g/mol. The summed E-state index contributed by atoms with van der Waals surface area (Å²) < 4.78 is 0. The van der Waals surface area contributed by atoms with Gasteiger partial charge in [0.2, 0.25) is 0 Å². The van der Waals surface area contributed by atoms with E-state index in [9.17, 15) is 14.4 Å². The molecule has 0 unspecified atom stereocenters. The summed E-state index contributed by atoms with van der Waals surface area (Å²) >= 11 is 3.94. The van der Waals surface area contributed by atoms with Gasteiger partial charge in [0.1, 0.15) is 32.1 Å². The second-order valence-corrected chi connectivity index (χ2v) is 10.5. The zero-order chi connectivity index (χ0) is 23.0. The molecule has 4 rings (SSSR count). The SMILES string of the molecule is CC(C)[C@H]1NC(=O)c2csc(n2)[C@@H](C)NC(=O)c2csc(n2)[C@@H](C)NC(=O)c2csc1n2. The highest BCUT2D eigenvalue weighted by Crippen LogP contribution is 2.27. The third kappa shape index (κ3) is 4.57. The van der Waals surface area contributed by atoms with Crippen molar-refractivity contribution in [3.63, 3.8) is 0 Å². The maximum Gasteiger partial charge on any atom is 0.271 e. The Labute approximate surface area is 196 Å². The lowest BCUT2D eigenvalue weighted by atomic mass is 10.1. The largest absolute Gasteiger partial charge is 0.342 e. The molecule has 1 aliphatic rings. The number of nitrogens with one attached hydrogen (secondary N) is 3. The van der Waals surface area contributed by atoms with Crippen LogP contribution in [-0.4, -0.2) is 32.7 Å². The standard InChI is InChI=1S/C20H22N6O3S3/c1-8(2)14-20-25-12(7-32-20)16(28)22-9(3)18-23-11(5-30-18)15(27)21-10(4)19-24-13(6-31-19)17(29)26-14/h5-10,14H,1-4H3,(H,21,27)(H,22,28)(H,26,29)/t9-,10-,14-/m1/s1. The maximum absolute atomic E-state index is 12.9. The van der Waals surface area contributed by atoms with Crippen LogP contribution >= 0.6 is 34.0 Å². The van der Waals surface area contributed by atoms with Gasteiger partial charge >= 0.3 is 0 Å². The maximum atomic E-state index is 12.9. The van der Waals surface area contributed by atoms with Gasteiger partial charge < -0.3 is 16.0 Å². The van der Waals surface area contributed by atoms with E-state index in [0.29, 0.717) is 15.0 Å². The fourth-order valence-electron chi connectivity index (χ4n) is 3.11. The van der Waals surface area contributed by atoms with Crippen LogP contribution in [0.15, 0.2) is 16.1 Å². The molecular formula is C20H22N6O3S3. The summed E-state index contributed by atoms with van der Waals surface area (Å²) in [6, 6.07) is -1.15. The zero-order valence-corrected chi connectivity index (χ0v) is 20.3. The van der Waals surface area contributed by atoms with E-state index in [1.165, 1.54) is 34.0 Å². The number of thiazole rings is 3. The summed E-state index contributed by atoms with van der Waals surface area (Å²) in [5.41, 5.74) is 0.818. The molecule has 0 radical (unpaired) electrons. The van der Waals surface area contributed by atoms with Gasteiger partial charge in [-0.05, 0) is 19.8 Å². The van der Waals surface area contributed by atoms with E-state index in [4.69, 9.17) is 0 Å². The minimum atomic E-state index is -0.391. The predicted octanol–water partition coefficient (Wildman–Crippen LogP) is 3.48. The summed E-state index contributed by atoms with van der Waals surface area (Å²) in [5.74, 6) is -0.959. The van der Waals surface area contributed by atoms with Crippen molar-refractivity contribution in [1.29, 1.82) is 0 Å². The highest BCUT2D eigenvalue weighted by atomic mass is 32.1. The Morgan fingerprint density at radius 1 is 0.688 bits per heavy atom. The average Bonchev–Trinajstić information content (AvgIpc) is 3.51. The van der Waals surface area contributed by atoms with Gasteiger partial charge in [0, 0.05) is 16.1 Å². The van der Waals surface area contributed by atoms with Crippen LogP contribution in [0.1, 0.15) is 92.3 Å². The normalized spacial score (nSPS) is 22.0. The van der Waals surface area contributed by atoms with E-state index < -0.39 is 12.1 Å². The Morgan fingerprint density at radius 3 is 1.50 bits per heavy atom. The van der Waals surface area contributed by atoms with E-state index in [1.54, 1.807) is 30.0 Å². The smallest absolute Gasteiger partial charge is 0.271 e. The van der Waals surface area contributed by atoms with E-state index >= 15 is 0 Å². The number of aromatic nitrogens is 3. The second kappa shape index (κ2) is 9.04. The van der Waals surface area contributed by atoms with Gasteiger partial charge in [0.05, 0.1) is 18.1 Å². The number of carbonyl (C=O) groups is 3. The minimum absolute atomic E-state index is 0.0515. The van der Waals surface area contributed by atoms with Crippen molar-refractivity contribution in [2.45, 2.75) is 45.8 Å². The quantitative estimate of drug-likeness (QED) is 0.479. The first-order valence-corrected chi connectivity index (χ1v) is 12.7. The number of hydrogen-bond acceptors (Lipinski definition) is 9. The number of hydrogen-bond donors (Lipinski definition) is 3.